The van der Waals surface area contributed by atoms with Gasteiger partial charge in [-0.05, 0) is 18.8 Å². The summed E-state index contributed by atoms with van der Waals surface area (Å²) in [6.45, 7) is 1.47. The van der Waals surface area contributed by atoms with Crippen LogP contribution in [0.2, 0.25) is 0 Å². The van der Waals surface area contributed by atoms with Gasteiger partial charge in [-0.1, -0.05) is 0 Å². The molecule has 1 aliphatic heterocycles. The molecular formula is C8H15NaO3S. The molecule has 0 aromatic carbocycles. The summed E-state index contributed by atoms with van der Waals surface area (Å²) >= 11 is 4.22. The van der Waals surface area contributed by atoms with E-state index in [1.165, 1.54) is 7.11 Å². The standard InChI is InChI=1S/C8H14O3S.Na.H/c1-10-8(9)7(12)6-2-4-11-5-3-6;;/h6-7,12H,2-5H2,1H3;;. The van der Waals surface area contributed by atoms with Gasteiger partial charge in [-0.25, -0.2) is 0 Å². The summed E-state index contributed by atoms with van der Waals surface area (Å²) in [5.41, 5.74) is 0. The van der Waals surface area contributed by atoms with Crippen LogP contribution in [0.1, 0.15) is 12.8 Å². The third-order valence-corrected chi connectivity index (χ3v) is 2.79. The average Bonchev–Trinajstić information content (AvgIpc) is 2.17. The van der Waals surface area contributed by atoms with Gasteiger partial charge in [0.2, 0.25) is 0 Å². The van der Waals surface area contributed by atoms with Gasteiger partial charge in [0.1, 0.15) is 5.25 Å². The van der Waals surface area contributed by atoms with Crippen LogP contribution in [0.4, 0.5) is 0 Å². The summed E-state index contributed by atoms with van der Waals surface area (Å²) < 4.78 is 9.79. The quantitative estimate of drug-likeness (QED) is 0.406. The number of methoxy groups -OCH3 is 1. The molecule has 13 heavy (non-hydrogen) atoms. The molecule has 72 valence electrons. The zero-order valence-corrected chi connectivity index (χ0v) is 8.05. The van der Waals surface area contributed by atoms with Crippen LogP contribution in [0.5, 0.6) is 0 Å². The normalized spacial score (nSPS) is 20.2. The van der Waals surface area contributed by atoms with E-state index in [4.69, 9.17) is 4.74 Å². The zero-order chi connectivity index (χ0) is 8.97. The summed E-state index contributed by atoms with van der Waals surface area (Å²) in [5, 5.41) is -0.279. The van der Waals surface area contributed by atoms with Crippen molar-refractivity contribution in [3.05, 3.63) is 0 Å². The molecule has 0 spiro atoms. The molecule has 0 amide bonds. The fourth-order valence-electron chi connectivity index (χ4n) is 1.34. The third-order valence-electron chi connectivity index (χ3n) is 2.16. The maximum atomic E-state index is 11.1. The van der Waals surface area contributed by atoms with Crippen molar-refractivity contribution in [3.63, 3.8) is 0 Å². The molecule has 0 aromatic rings. The zero-order valence-electron chi connectivity index (χ0n) is 7.16. The van der Waals surface area contributed by atoms with Gasteiger partial charge in [0.25, 0.3) is 0 Å². The Morgan fingerprint density at radius 3 is 2.54 bits per heavy atom. The van der Waals surface area contributed by atoms with Gasteiger partial charge < -0.3 is 9.47 Å². The third kappa shape index (κ3) is 4.21. The molecule has 0 N–H and O–H groups in total. The molecule has 0 bridgehead atoms. The van der Waals surface area contributed by atoms with E-state index < -0.39 is 0 Å². The molecule has 3 nitrogen and oxygen atoms in total. The van der Waals surface area contributed by atoms with Crippen molar-refractivity contribution >= 4 is 48.2 Å². The molecule has 1 saturated heterocycles. The van der Waals surface area contributed by atoms with Crippen LogP contribution in [0.15, 0.2) is 0 Å². The van der Waals surface area contributed by atoms with Crippen molar-refractivity contribution < 1.29 is 14.3 Å². The van der Waals surface area contributed by atoms with E-state index in [9.17, 15) is 4.79 Å². The second-order valence-electron chi connectivity index (χ2n) is 2.92. The Hall–Kier alpha value is 0.780. The first-order valence-corrected chi connectivity index (χ1v) is 4.61. The van der Waals surface area contributed by atoms with Crippen LogP contribution in [0.3, 0.4) is 0 Å². The van der Waals surface area contributed by atoms with Gasteiger partial charge in [-0.15, -0.1) is 0 Å². The number of carbonyl (C=O) groups excluding carboxylic acids is 1. The molecule has 1 heterocycles. The van der Waals surface area contributed by atoms with E-state index in [1.807, 2.05) is 0 Å². The molecule has 1 atom stereocenters. The SMILES string of the molecule is COC(=O)C(S)C1CCOCC1.[NaH]. The summed E-state index contributed by atoms with van der Waals surface area (Å²) in [7, 11) is 1.39. The second kappa shape index (κ2) is 7.12. The van der Waals surface area contributed by atoms with Crippen LogP contribution < -0.4 is 0 Å². The second-order valence-corrected chi connectivity index (χ2v) is 3.47. The van der Waals surface area contributed by atoms with E-state index in [0.29, 0.717) is 5.92 Å². The van der Waals surface area contributed by atoms with Gasteiger partial charge in [0.05, 0.1) is 7.11 Å². The predicted octanol–water partition coefficient (Wildman–Crippen LogP) is 0.236. The van der Waals surface area contributed by atoms with Crippen molar-refractivity contribution in [2.45, 2.75) is 18.1 Å². The van der Waals surface area contributed by atoms with Crippen molar-refractivity contribution in [3.8, 4) is 0 Å². The van der Waals surface area contributed by atoms with Crippen molar-refractivity contribution in [1.82, 2.24) is 0 Å². The number of ether oxygens (including phenoxy) is 2. The van der Waals surface area contributed by atoms with Crippen LogP contribution in [0, 0.1) is 5.92 Å². The molecule has 1 fully saturated rings. The molecule has 0 saturated carbocycles. The monoisotopic (exact) mass is 214 g/mol. The first-order chi connectivity index (χ1) is 5.75. The van der Waals surface area contributed by atoms with Crippen molar-refractivity contribution in [2.75, 3.05) is 20.3 Å². The summed E-state index contributed by atoms with van der Waals surface area (Å²) in [5.74, 6) is 0.0831. The van der Waals surface area contributed by atoms with Gasteiger partial charge in [0, 0.05) is 13.2 Å². The topological polar surface area (TPSA) is 35.5 Å². The first-order valence-electron chi connectivity index (χ1n) is 4.09. The molecule has 1 rings (SSSR count). The Morgan fingerprint density at radius 1 is 1.54 bits per heavy atom. The van der Waals surface area contributed by atoms with Gasteiger partial charge in [-0.2, -0.15) is 12.6 Å². The van der Waals surface area contributed by atoms with E-state index in [2.05, 4.69) is 17.4 Å². The Balaban J connectivity index is 0.00000144. The van der Waals surface area contributed by atoms with Crippen molar-refractivity contribution in [1.29, 1.82) is 0 Å². The van der Waals surface area contributed by atoms with Crippen LogP contribution in [-0.2, 0) is 14.3 Å². The van der Waals surface area contributed by atoms with Gasteiger partial charge in [0.15, 0.2) is 0 Å². The van der Waals surface area contributed by atoms with Gasteiger partial charge >= 0.3 is 35.5 Å². The molecular weight excluding hydrogens is 199 g/mol. The fourth-order valence-corrected chi connectivity index (χ4v) is 1.75. The Labute approximate surface area is 106 Å². The Morgan fingerprint density at radius 2 is 2.08 bits per heavy atom. The molecule has 5 heteroatoms. The number of hydrogen-bond donors (Lipinski definition) is 1. The van der Waals surface area contributed by atoms with Crippen LogP contribution in [-0.4, -0.2) is 61.1 Å². The van der Waals surface area contributed by atoms with E-state index in [-0.39, 0.29) is 40.8 Å². The molecule has 0 radical (unpaired) electrons. The number of thiol groups is 1. The van der Waals surface area contributed by atoms with E-state index in [0.717, 1.165) is 26.1 Å². The molecule has 0 aromatic heterocycles. The molecule has 0 aliphatic carbocycles. The first kappa shape index (κ1) is 13.8. The molecule has 1 aliphatic rings. The molecule has 1 unspecified atom stereocenters. The Bertz CT molecular complexity index is 159. The minimum absolute atomic E-state index is 0. The number of carbonyl (C=O) groups is 1. The van der Waals surface area contributed by atoms with Crippen LogP contribution >= 0.6 is 12.6 Å². The average molecular weight is 214 g/mol. The number of esters is 1. The summed E-state index contributed by atoms with van der Waals surface area (Å²) in [4.78, 5) is 11.1. The minimum atomic E-state index is -0.279. The predicted molar refractivity (Wildman–Crippen MR) is 55.5 cm³/mol. The van der Waals surface area contributed by atoms with Gasteiger partial charge in [-0.3, -0.25) is 4.79 Å². The van der Waals surface area contributed by atoms with Crippen LogP contribution in [0.25, 0.3) is 0 Å². The number of rotatable bonds is 2. The summed E-state index contributed by atoms with van der Waals surface area (Å²) in [6.07, 6.45) is 1.81. The summed E-state index contributed by atoms with van der Waals surface area (Å²) in [6, 6.07) is 0. The van der Waals surface area contributed by atoms with E-state index >= 15 is 0 Å². The van der Waals surface area contributed by atoms with E-state index in [1.54, 1.807) is 0 Å². The Kier molecular flexibility index (Phi) is 7.55. The fraction of sp³-hybridized carbons (Fsp3) is 0.875. The maximum absolute atomic E-state index is 11.1. The van der Waals surface area contributed by atoms with Crippen molar-refractivity contribution in [2.24, 2.45) is 5.92 Å². The number of hydrogen-bond acceptors (Lipinski definition) is 4.